The van der Waals surface area contributed by atoms with E-state index >= 15 is 0 Å². The van der Waals surface area contributed by atoms with Gasteiger partial charge in [-0.2, -0.15) is 0 Å². The van der Waals surface area contributed by atoms with E-state index in [1.165, 1.54) is 0 Å². The van der Waals surface area contributed by atoms with Crippen molar-refractivity contribution in [2.45, 2.75) is 39.9 Å². The van der Waals surface area contributed by atoms with Crippen molar-refractivity contribution in [2.24, 2.45) is 5.73 Å². The zero-order valence-corrected chi connectivity index (χ0v) is 12.2. The molecule has 1 aromatic carbocycles. The average molecular weight is 276 g/mol. The lowest BCUT2D eigenvalue weighted by Crippen LogP contribution is -2.10. The van der Waals surface area contributed by atoms with Gasteiger partial charge in [-0.05, 0) is 33.8 Å². The number of aromatic amines is 1. The standard InChI is InChI=1S/C15H20N2O3/c1-8(2)19-10-5-12-11(7-13(17-12)15(16)18)14(6-10)20-9(3)4/h5-9,17H,1-4H3,(H2,16,18). The molecule has 5 heteroatoms. The predicted molar refractivity (Wildman–Crippen MR) is 78.3 cm³/mol. The molecule has 20 heavy (non-hydrogen) atoms. The van der Waals surface area contributed by atoms with E-state index in [4.69, 9.17) is 15.2 Å². The van der Waals surface area contributed by atoms with Crippen LogP contribution in [0.4, 0.5) is 0 Å². The normalized spacial score (nSPS) is 11.3. The number of fused-ring (bicyclic) bond motifs is 1. The van der Waals surface area contributed by atoms with Gasteiger partial charge in [-0.3, -0.25) is 4.79 Å². The Morgan fingerprint density at radius 3 is 2.30 bits per heavy atom. The quantitative estimate of drug-likeness (QED) is 0.881. The Kier molecular flexibility index (Phi) is 3.88. The first-order chi connectivity index (χ1) is 9.36. The Bertz CT molecular complexity index is 629. The highest BCUT2D eigenvalue weighted by Gasteiger charge is 2.13. The van der Waals surface area contributed by atoms with Crippen molar-refractivity contribution in [1.82, 2.24) is 4.98 Å². The van der Waals surface area contributed by atoms with Crippen LogP contribution in [0.2, 0.25) is 0 Å². The predicted octanol–water partition coefficient (Wildman–Crippen LogP) is 2.84. The highest BCUT2D eigenvalue weighted by atomic mass is 16.5. The van der Waals surface area contributed by atoms with Crippen molar-refractivity contribution in [3.05, 3.63) is 23.9 Å². The third-order valence-corrected chi connectivity index (χ3v) is 2.67. The second-order valence-corrected chi connectivity index (χ2v) is 5.26. The summed E-state index contributed by atoms with van der Waals surface area (Å²) in [5, 5.41) is 0.823. The lowest BCUT2D eigenvalue weighted by atomic mass is 10.2. The number of ether oxygens (including phenoxy) is 2. The number of nitrogens with one attached hydrogen (secondary N) is 1. The first-order valence-corrected chi connectivity index (χ1v) is 6.66. The van der Waals surface area contributed by atoms with E-state index < -0.39 is 5.91 Å². The smallest absolute Gasteiger partial charge is 0.265 e. The second-order valence-electron chi connectivity index (χ2n) is 5.26. The van der Waals surface area contributed by atoms with E-state index in [0.29, 0.717) is 17.2 Å². The Hall–Kier alpha value is -2.17. The second kappa shape index (κ2) is 5.45. The van der Waals surface area contributed by atoms with Gasteiger partial charge in [-0.25, -0.2) is 0 Å². The number of hydrogen-bond acceptors (Lipinski definition) is 3. The van der Waals surface area contributed by atoms with Gasteiger partial charge >= 0.3 is 0 Å². The fraction of sp³-hybridized carbons (Fsp3) is 0.400. The van der Waals surface area contributed by atoms with Crippen LogP contribution >= 0.6 is 0 Å². The summed E-state index contributed by atoms with van der Waals surface area (Å²) in [6.07, 6.45) is 0.0874. The summed E-state index contributed by atoms with van der Waals surface area (Å²) < 4.78 is 11.5. The molecule has 0 atom stereocenters. The molecular weight excluding hydrogens is 256 g/mol. The van der Waals surface area contributed by atoms with E-state index in [1.807, 2.05) is 39.8 Å². The summed E-state index contributed by atoms with van der Waals surface area (Å²) in [5.41, 5.74) is 6.43. The Morgan fingerprint density at radius 2 is 1.75 bits per heavy atom. The average Bonchev–Trinajstić information content (AvgIpc) is 2.71. The van der Waals surface area contributed by atoms with Gasteiger partial charge in [0, 0.05) is 17.5 Å². The van der Waals surface area contributed by atoms with Crippen molar-refractivity contribution in [3.63, 3.8) is 0 Å². The van der Waals surface area contributed by atoms with Gasteiger partial charge in [0.05, 0.1) is 17.7 Å². The molecule has 0 aliphatic heterocycles. The van der Waals surface area contributed by atoms with E-state index in [1.54, 1.807) is 6.07 Å². The molecule has 1 amide bonds. The molecule has 0 aliphatic rings. The van der Waals surface area contributed by atoms with Crippen LogP contribution in [0.1, 0.15) is 38.2 Å². The molecule has 108 valence electrons. The summed E-state index contributed by atoms with van der Waals surface area (Å²) in [5.74, 6) is 0.876. The number of hydrogen-bond donors (Lipinski definition) is 2. The number of carbonyl (C=O) groups excluding carboxylic acids is 1. The van der Waals surface area contributed by atoms with Crippen LogP contribution in [0.15, 0.2) is 18.2 Å². The Morgan fingerprint density at radius 1 is 1.10 bits per heavy atom. The Labute approximate surface area is 118 Å². The molecular formula is C15H20N2O3. The highest BCUT2D eigenvalue weighted by molar-refractivity contribution is 5.99. The number of nitrogens with two attached hydrogens (primary N) is 1. The van der Waals surface area contributed by atoms with Crippen LogP contribution in [0.5, 0.6) is 11.5 Å². The lowest BCUT2D eigenvalue weighted by Gasteiger charge is -2.14. The van der Waals surface area contributed by atoms with Crippen molar-refractivity contribution in [2.75, 3.05) is 0 Å². The van der Waals surface area contributed by atoms with E-state index in [9.17, 15) is 4.79 Å². The summed E-state index contributed by atoms with van der Waals surface area (Å²) >= 11 is 0. The molecule has 5 nitrogen and oxygen atoms in total. The third kappa shape index (κ3) is 3.04. The maximum atomic E-state index is 11.3. The molecule has 0 bridgehead atoms. The van der Waals surface area contributed by atoms with Gasteiger partial charge in [-0.1, -0.05) is 0 Å². The van der Waals surface area contributed by atoms with Crippen LogP contribution < -0.4 is 15.2 Å². The first kappa shape index (κ1) is 14.2. The number of rotatable bonds is 5. The fourth-order valence-corrected chi connectivity index (χ4v) is 2.00. The number of carbonyl (C=O) groups is 1. The maximum Gasteiger partial charge on any atom is 0.265 e. The molecule has 0 unspecified atom stereocenters. The molecule has 2 rings (SSSR count). The SMILES string of the molecule is CC(C)Oc1cc(OC(C)C)c2cc(C(N)=O)[nH]c2c1. The summed E-state index contributed by atoms with van der Waals surface area (Å²) in [6.45, 7) is 7.81. The third-order valence-electron chi connectivity index (χ3n) is 2.67. The van der Waals surface area contributed by atoms with E-state index in [0.717, 1.165) is 10.9 Å². The van der Waals surface area contributed by atoms with Crippen LogP contribution in [0, 0.1) is 0 Å². The number of aromatic nitrogens is 1. The van der Waals surface area contributed by atoms with Gasteiger partial charge < -0.3 is 20.2 Å². The fourth-order valence-electron chi connectivity index (χ4n) is 2.00. The molecule has 1 heterocycles. The minimum Gasteiger partial charge on any atom is -0.491 e. The summed E-state index contributed by atoms with van der Waals surface area (Å²) in [4.78, 5) is 14.3. The zero-order chi connectivity index (χ0) is 14.9. The summed E-state index contributed by atoms with van der Waals surface area (Å²) in [6, 6.07) is 5.38. The molecule has 0 spiro atoms. The minimum atomic E-state index is -0.497. The van der Waals surface area contributed by atoms with Crippen LogP contribution in [0.25, 0.3) is 10.9 Å². The van der Waals surface area contributed by atoms with Crippen LogP contribution in [-0.4, -0.2) is 23.1 Å². The number of H-pyrrole nitrogens is 1. The van der Waals surface area contributed by atoms with Crippen molar-refractivity contribution in [3.8, 4) is 11.5 Å². The minimum absolute atomic E-state index is 0.0272. The van der Waals surface area contributed by atoms with E-state index in [-0.39, 0.29) is 12.2 Å². The Balaban J connectivity index is 2.55. The summed E-state index contributed by atoms with van der Waals surface area (Å²) in [7, 11) is 0. The van der Waals surface area contributed by atoms with Gasteiger partial charge in [-0.15, -0.1) is 0 Å². The topological polar surface area (TPSA) is 77.3 Å². The number of benzene rings is 1. The van der Waals surface area contributed by atoms with Gasteiger partial charge in [0.15, 0.2) is 0 Å². The first-order valence-electron chi connectivity index (χ1n) is 6.66. The molecule has 0 aliphatic carbocycles. The van der Waals surface area contributed by atoms with Gasteiger partial charge in [0.2, 0.25) is 0 Å². The molecule has 2 aromatic rings. The number of amides is 1. The molecule has 0 fully saturated rings. The highest BCUT2D eigenvalue weighted by Crippen LogP contribution is 2.33. The molecule has 3 N–H and O–H groups in total. The van der Waals surface area contributed by atoms with Gasteiger partial charge in [0.25, 0.3) is 5.91 Å². The molecule has 0 saturated heterocycles. The maximum absolute atomic E-state index is 11.3. The number of primary amides is 1. The van der Waals surface area contributed by atoms with E-state index in [2.05, 4.69) is 4.98 Å². The molecule has 0 radical (unpaired) electrons. The van der Waals surface area contributed by atoms with Crippen molar-refractivity contribution >= 4 is 16.8 Å². The molecule has 0 saturated carbocycles. The zero-order valence-electron chi connectivity index (χ0n) is 12.2. The van der Waals surface area contributed by atoms with Crippen molar-refractivity contribution in [1.29, 1.82) is 0 Å². The molecule has 1 aromatic heterocycles. The monoisotopic (exact) mass is 276 g/mol. The van der Waals surface area contributed by atoms with Crippen LogP contribution in [-0.2, 0) is 0 Å². The van der Waals surface area contributed by atoms with Crippen LogP contribution in [0.3, 0.4) is 0 Å². The van der Waals surface area contributed by atoms with Crippen molar-refractivity contribution < 1.29 is 14.3 Å². The lowest BCUT2D eigenvalue weighted by molar-refractivity contribution is 0.0996. The van der Waals surface area contributed by atoms with Gasteiger partial charge in [0.1, 0.15) is 17.2 Å². The largest absolute Gasteiger partial charge is 0.491 e.